The Morgan fingerprint density at radius 3 is 2.40 bits per heavy atom. The van der Waals surface area contributed by atoms with Gasteiger partial charge in [0.25, 0.3) is 0 Å². The zero-order chi connectivity index (χ0) is 10.9. The highest BCUT2D eigenvalue weighted by Crippen LogP contribution is 2.17. The Bertz CT molecular complexity index is 174. The van der Waals surface area contributed by atoms with Gasteiger partial charge < -0.3 is 11.1 Å². The molecule has 0 aromatic carbocycles. The largest absolute Gasteiger partial charge is 0.370 e. The molecule has 3 heteroatoms. The van der Waals surface area contributed by atoms with Gasteiger partial charge in [-0.1, -0.05) is 25.7 Å². The predicted molar refractivity (Wildman–Crippen MR) is 62.5 cm³/mol. The van der Waals surface area contributed by atoms with E-state index in [1.165, 1.54) is 38.5 Å². The molecule has 1 amide bonds. The van der Waals surface area contributed by atoms with E-state index >= 15 is 0 Å². The van der Waals surface area contributed by atoms with Crippen molar-refractivity contribution in [3.63, 3.8) is 0 Å². The normalized spacial score (nSPS) is 18.7. The average Bonchev–Trinajstić information content (AvgIpc) is 2.45. The van der Waals surface area contributed by atoms with Crippen LogP contribution in [-0.4, -0.2) is 18.5 Å². The summed E-state index contributed by atoms with van der Waals surface area (Å²) in [6, 6.07) is 0.723. The average molecular weight is 212 g/mol. The molecule has 0 saturated heterocycles. The zero-order valence-corrected chi connectivity index (χ0v) is 9.63. The molecule has 3 nitrogen and oxygen atoms in total. The number of amides is 1. The van der Waals surface area contributed by atoms with Crippen LogP contribution in [0.3, 0.4) is 0 Å². The lowest BCUT2D eigenvalue weighted by Crippen LogP contribution is -2.29. The van der Waals surface area contributed by atoms with E-state index in [1.807, 2.05) is 0 Å². The number of carbonyl (C=O) groups is 1. The second-order valence-corrected chi connectivity index (χ2v) is 4.57. The lowest BCUT2D eigenvalue weighted by atomic mass is 10.1. The molecule has 0 aliphatic heterocycles. The van der Waals surface area contributed by atoms with Gasteiger partial charge in [0.15, 0.2) is 0 Å². The van der Waals surface area contributed by atoms with Gasteiger partial charge in [0, 0.05) is 12.5 Å². The Balaban J connectivity index is 1.96. The van der Waals surface area contributed by atoms with Crippen molar-refractivity contribution in [2.24, 2.45) is 5.73 Å². The third-order valence-corrected chi connectivity index (χ3v) is 3.14. The molecule has 0 aromatic heterocycles. The van der Waals surface area contributed by atoms with Crippen LogP contribution in [0.2, 0.25) is 0 Å². The fourth-order valence-electron chi connectivity index (χ4n) is 2.21. The highest BCUT2D eigenvalue weighted by molar-refractivity contribution is 5.73. The zero-order valence-electron chi connectivity index (χ0n) is 9.63. The van der Waals surface area contributed by atoms with E-state index in [4.69, 9.17) is 5.73 Å². The van der Waals surface area contributed by atoms with Gasteiger partial charge in [-0.05, 0) is 32.2 Å². The van der Waals surface area contributed by atoms with Crippen LogP contribution in [0.5, 0.6) is 0 Å². The summed E-state index contributed by atoms with van der Waals surface area (Å²) < 4.78 is 0. The van der Waals surface area contributed by atoms with Crippen molar-refractivity contribution in [2.75, 3.05) is 6.54 Å². The first-order valence-electron chi connectivity index (χ1n) is 6.31. The van der Waals surface area contributed by atoms with Gasteiger partial charge >= 0.3 is 0 Å². The maximum Gasteiger partial charge on any atom is 0.217 e. The molecule has 0 spiro atoms. The molecule has 0 unspecified atom stereocenters. The van der Waals surface area contributed by atoms with E-state index in [0.717, 1.165) is 25.4 Å². The van der Waals surface area contributed by atoms with E-state index in [2.05, 4.69) is 5.32 Å². The number of nitrogens with one attached hydrogen (secondary N) is 1. The van der Waals surface area contributed by atoms with Crippen molar-refractivity contribution in [3.8, 4) is 0 Å². The topological polar surface area (TPSA) is 55.1 Å². The molecule has 1 fully saturated rings. The first-order chi connectivity index (χ1) is 7.29. The van der Waals surface area contributed by atoms with Crippen LogP contribution in [-0.2, 0) is 4.79 Å². The molecular weight excluding hydrogens is 188 g/mol. The summed E-state index contributed by atoms with van der Waals surface area (Å²) in [6.45, 7) is 1.04. The third kappa shape index (κ3) is 6.50. The van der Waals surface area contributed by atoms with Crippen LogP contribution in [0.1, 0.15) is 57.8 Å². The number of carbonyl (C=O) groups excluding carboxylic acids is 1. The van der Waals surface area contributed by atoms with E-state index in [0.29, 0.717) is 6.42 Å². The van der Waals surface area contributed by atoms with Crippen molar-refractivity contribution in [1.29, 1.82) is 0 Å². The smallest absolute Gasteiger partial charge is 0.217 e. The minimum absolute atomic E-state index is 0.176. The van der Waals surface area contributed by atoms with Crippen LogP contribution in [0.25, 0.3) is 0 Å². The molecule has 0 heterocycles. The Kier molecular flexibility index (Phi) is 6.41. The molecule has 88 valence electrons. The molecule has 3 N–H and O–H groups in total. The summed E-state index contributed by atoms with van der Waals surface area (Å²) in [6.07, 6.45) is 10.7. The minimum Gasteiger partial charge on any atom is -0.370 e. The number of primary amides is 1. The quantitative estimate of drug-likeness (QED) is 0.522. The van der Waals surface area contributed by atoms with Gasteiger partial charge in [0.1, 0.15) is 0 Å². The van der Waals surface area contributed by atoms with Gasteiger partial charge in [-0.3, -0.25) is 4.79 Å². The summed E-state index contributed by atoms with van der Waals surface area (Å²) in [7, 11) is 0. The summed E-state index contributed by atoms with van der Waals surface area (Å²) in [4.78, 5) is 10.5. The second kappa shape index (κ2) is 7.69. The predicted octanol–water partition coefficient (Wildman–Crippen LogP) is 1.95. The first kappa shape index (κ1) is 12.5. The van der Waals surface area contributed by atoms with Crippen molar-refractivity contribution in [2.45, 2.75) is 63.8 Å². The van der Waals surface area contributed by atoms with Crippen molar-refractivity contribution < 1.29 is 4.79 Å². The van der Waals surface area contributed by atoms with Gasteiger partial charge in [-0.2, -0.15) is 0 Å². The molecular formula is C12H24N2O. The highest BCUT2D eigenvalue weighted by atomic mass is 16.1. The van der Waals surface area contributed by atoms with Crippen LogP contribution < -0.4 is 11.1 Å². The van der Waals surface area contributed by atoms with Gasteiger partial charge in [0.05, 0.1) is 0 Å². The van der Waals surface area contributed by atoms with Crippen LogP contribution >= 0.6 is 0 Å². The molecule has 15 heavy (non-hydrogen) atoms. The van der Waals surface area contributed by atoms with E-state index in [-0.39, 0.29) is 5.91 Å². The lowest BCUT2D eigenvalue weighted by Gasteiger charge is -2.15. The van der Waals surface area contributed by atoms with Crippen molar-refractivity contribution >= 4 is 5.91 Å². The summed E-state index contributed by atoms with van der Waals surface area (Å²) in [5.41, 5.74) is 5.08. The number of hydrogen-bond donors (Lipinski definition) is 2. The first-order valence-corrected chi connectivity index (χ1v) is 6.31. The molecule has 0 aromatic rings. The number of rotatable bonds is 6. The second-order valence-electron chi connectivity index (χ2n) is 4.57. The summed E-state index contributed by atoms with van der Waals surface area (Å²) in [5.74, 6) is -0.176. The highest BCUT2D eigenvalue weighted by Gasteiger charge is 2.10. The summed E-state index contributed by atoms with van der Waals surface area (Å²) in [5, 5.41) is 3.58. The van der Waals surface area contributed by atoms with Crippen LogP contribution in [0.4, 0.5) is 0 Å². The van der Waals surface area contributed by atoms with Gasteiger partial charge in [0.2, 0.25) is 5.91 Å². The fraction of sp³-hybridized carbons (Fsp3) is 0.917. The Morgan fingerprint density at radius 2 is 1.80 bits per heavy atom. The van der Waals surface area contributed by atoms with Crippen LogP contribution in [0, 0.1) is 0 Å². The fourth-order valence-corrected chi connectivity index (χ4v) is 2.21. The van der Waals surface area contributed by atoms with Gasteiger partial charge in [-0.15, -0.1) is 0 Å². The molecule has 1 rings (SSSR count). The minimum atomic E-state index is -0.176. The standard InChI is InChI=1S/C12H24N2O/c13-12(15)9-5-6-10-14-11-7-3-1-2-4-8-11/h11,14H,1-10H2,(H2,13,15). The molecule has 1 saturated carbocycles. The van der Waals surface area contributed by atoms with Crippen LogP contribution in [0.15, 0.2) is 0 Å². The lowest BCUT2D eigenvalue weighted by molar-refractivity contribution is -0.118. The Labute approximate surface area is 92.8 Å². The van der Waals surface area contributed by atoms with E-state index in [1.54, 1.807) is 0 Å². The molecule has 0 atom stereocenters. The number of unbranched alkanes of at least 4 members (excludes halogenated alkanes) is 1. The van der Waals surface area contributed by atoms with E-state index in [9.17, 15) is 4.79 Å². The SMILES string of the molecule is NC(=O)CCCCNC1CCCCCC1. The molecule has 1 aliphatic carbocycles. The maximum atomic E-state index is 10.5. The summed E-state index contributed by atoms with van der Waals surface area (Å²) >= 11 is 0. The number of nitrogens with two attached hydrogens (primary N) is 1. The third-order valence-electron chi connectivity index (χ3n) is 3.14. The monoisotopic (exact) mass is 212 g/mol. The molecule has 0 radical (unpaired) electrons. The van der Waals surface area contributed by atoms with Crippen molar-refractivity contribution in [3.05, 3.63) is 0 Å². The maximum absolute atomic E-state index is 10.5. The Morgan fingerprint density at radius 1 is 1.13 bits per heavy atom. The molecule has 1 aliphatic rings. The van der Waals surface area contributed by atoms with Gasteiger partial charge in [-0.25, -0.2) is 0 Å². The van der Waals surface area contributed by atoms with E-state index < -0.39 is 0 Å². The van der Waals surface area contributed by atoms with Crippen molar-refractivity contribution in [1.82, 2.24) is 5.32 Å². The Hall–Kier alpha value is -0.570. The molecule has 0 bridgehead atoms. The number of hydrogen-bond acceptors (Lipinski definition) is 2.